The summed E-state index contributed by atoms with van der Waals surface area (Å²) in [6.07, 6.45) is 0. The van der Waals surface area contributed by atoms with Gasteiger partial charge in [-0.1, -0.05) is 39.8 Å². The Kier molecular flexibility index (Phi) is 4.08. The number of rotatable bonds is 3. The van der Waals surface area contributed by atoms with Gasteiger partial charge in [0.05, 0.1) is 4.21 Å². The van der Waals surface area contributed by atoms with E-state index in [2.05, 4.69) is 51.6 Å². The summed E-state index contributed by atoms with van der Waals surface area (Å²) in [7, 11) is 0. The zero-order valence-electron chi connectivity index (χ0n) is 8.81. The summed E-state index contributed by atoms with van der Waals surface area (Å²) < 4.78 is 2.39. The first kappa shape index (κ1) is 12.2. The maximum atomic E-state index is 5.87. The summed E-state index contributed by atoms with van der Waals surface area (Å²) in [5, 5.41) is 2.09. The molecular weight excluding hydrogens is 302 g/mol. The van der Waals surface area contributed by atoms with Crippen LogP contribution >= 0.6 is 39.0 Å². The molecule has 1 heterocycles. The fourth-order valence-corrected chi connectivity index (χ4v) is 4.06. The van der Waals surface area contributed by atoms with Gasteiger partial charge in [0, 0.05) is 15.4 Å². The largest absolute Gasteiger partial charge is 0.324 e. The van der Waals surface area contributed by atoms with E-state index in [-0.39, 0.29) is 6.04 Å². The van der Waals surface area contributed by atoms with Crippen LogP contribution in [0.15, 0.2) is 49.3 Å². The third-order valence-corrected chi connectivity index (χ3v) is 4.89. The topological polar surface area (TPSA) is 26.0 Å². The van der Waals surface area contributed by atoms with Crippen molar-refractivity contribution >= 4 is 39.0 Å². The average Bonchev–Trinajstić information content (AvgIpc) is 2.70. The maximum absolute atomic E-state index is 5.87. The van der Waals surface area contributed by atoms with E-state index in [4.69, 9.17) is 5.73 Å². The summed E-state index contributed by atoms with van der Waals surface area (Å²) in [6, 6.07) is 10.6. The Morgan fingerprint density at radius 2 is 2.19 bits per heavy atom. The molecule has 84 valence electrons. The Morgan fingerprint density at radius 1 is 1.38 bits per heavy atom. The second-order valence-electron chi connectivity index (χ2n) is 3.51. The van der Waals surface area contributed by atoms with E-state index in [1.807, 2.05) is 6.92 Å². The zero-order valence-corrected chi connectivity index (χ0v) is 12.0. The highest BCUT2D eigenvalue weighted by Gasteiger charge is 2.06. The molecule has 0 aliphatic carbocycles. The lowest BCUT2D eigenvalue weighted by Gasteiger charge is -2.09. The van der Waals surface area contributed by atoms with Crippen molar-refractivity contribution in [1.82, 2.24) is 0 Å². The number of benzene rings is 1. The van der Waals surface area contributed by atoms with E-state index in [0.29, 0.717) is 0 Å². The first-order valence-electron chi connectivity index (χ1n) is 4.93. The molecule has 0 saturated carbocycles. The highest BCUT2D eigenvalue weighted by Crippen LogP contribution is 2.34. The molecule has 1 atom stereocenters. The molecule has 0 bridgehead atoms. The lowest BCUT2D eigenvalue weighted by atomic mass is 10.1. The first-order chi connectivity index (χ1) is 7.66. The van der Waals surface area contributed by atoms with Gasteiger partial charge in [-0.05, 0) is 36.1 Å². The first-order valence-corrected chi connectivity index (χ1v) is 7.42. The molecule has 0 aliphatic rings. The Labute approximate surface area is 112 Å². The summed E-state index contributed by atoms with van der Waals surface area (Å²) in [5.74, 6) is 0. The zero-order chi connectivity index (χ0) is 11.5. The van der Waals surface area contributed by atoms with Gasteiger partial charge in [0.15, 0.2) is 0 Å². The number of hydrogen-bond acceptors (Lipinski definition) is 3. The third-order valence-electron chi connectivity index (χ3n) is 2.18. The van der Waals surface area contributed by atoms with Gasteiger partial charge in [0.2, 0.25) is 0 Å². The van der Waals surface area contributed by atoms with Crippen molar-refractivity contribution in [3.05, 3.63) is 45.7 Å². The maximum Gasteiger partial charge on any atom is 0.0646 e. The second-order valence-corrected chi connectivity index (χ2v) is 6.68. The molecule has 0 radical (unpaired) electrons. The molecule has 0 amide bonds. The quantitative estimate of drug-likeness (QED) is 0.890. The number of nitrogens with two attached hydrogens (primary N) is 1. The van der Waals surface area contributed by atoms with E-state index in [1.165, 1.54) is 9.10 Å². The van der Waals surface area contributed by atoms with Crippen LogP contribution in [0, 0.1) is 0 Å². The SMILES string of the molecule is CC(N)c1ccc(Sc2cccs2)cc1Br. The normalized spacial score (nSPS) is 12.7. The average molecular weight is 314 g/mol. The summed E-state index contributed by atoms with van der Waals surface area (Å²) in [5.41, 5.74) is 7.01. The predicted molar refractivity (Wildman–Crippen MR) is 75.2 cm³/mol. The molecule has 2 N–H and O–H groups in total. The Balaban J connectivity index is 2.21. The van der Waals surface area contributed by atoms with Crippen LogP contribution in [0.25, 0.3) is 0 Å². The fraction of sp³-hybridized carbons (Fsp3) is 0.167. The molecule has 1 aromatic heterocycles. The molecule has 0 fully saturated rings. The third kappa shape index (κ3) is 2.88. The molecule has 2 aromatic rings. The van der Waals surface area contributed by atoms with Crippen LogP contribution < -0.4 is 5.73 Å². The Bertz CT molecular complexity index is 466. The van der Waals surface area contributed by atoms with Gasteiger partial charge >= 0.3 is 0 Å². The van der Waals surface area contributed by atoms with Crippen LogP contribution in [0.5, 0.6) is 0 Å². The number of thiophene rings is 1. The van der Waals surface area contributed by atoms with Crippen LogP contribution in [0.1, 0.15) is 18.5 Å². The van der Waals surface area contributed by atoms with E-state index < -0.39 is 0 Å². The van der Waals surface area contributed by atoms with Gasteiger partial charge in [-0.2, -0.15) is 0 Å². The van der Waals surface area contributed by atoms with Crippen LogP contribution in [0.4, 0.5) is 0 Å². The monoisotopic (exact) mass is 313 g/mol. The van der Waals surface area contributed by atoms with Crippen LogP contribution in [0.3, 0.4) is 0 Å². The van der Waals surface area contributed by atoms with E-state index in [9.17, 15) is 0 Å². The fourth-order valence-electron chi connectivity index (χ4n) is 1.38. The molecule has 0 spiro atoms. The van der Waals surface area contributed by atoms with Crippen molar-refractivity contribution < 1.29 is 0 Å². The summed E-state index contributed by atoms with van der Waals surface area (Å²) in [4.78, 5) is 1.23. The van der Waals surface area contributed by atoms with Gasteiger partial charge in [-0.25, -0.2) is 0 Å². The minimum absolute atomic E-state index is 0.0650. The van der Waals surface area contributed by atoms with Crippen LogP contribution in [-0.2, 0) is 0 Å². The molecule has 1 nitrogen and oxygen atoms in total. The standard InChI is InChI=1S/C12H12BrNS2/c1-8(14)10-5-4-9(7-11(10)13)16-12-3-2-6-15-12/h2-8H,14H2,1H3. The van der Waals surface area contributed by atoms with Crippen molar-refractivity contribution in [3.8, 4) is 0 Å². The van der Waals surface area contributed by atoms with Crippen LogP contribution in [-0.4, -0.2) is 0 Å². The van der Waals surface area contributed by atoms with Crippen molar-refractivity contribution in [2.24, 2.45) is 5.73 Å². The number of halogens is 1. The van der Waals surface area contributed by atoms with Gasteiger partial charge in [-0.15, -0.1) is 11.3 Å². The minimum Gasteiger partial charge on any atom is -0.324 e. The van der Waals surface area contributed by atoms with Crippen molar-refractivity contribution in [2.75, 3.05) is 0 Å². The molecule has 4 heteroatoms. The molecule has 0 saturated heterocycles. The minimum atomic E-state index is 0.0650. The van der Waals surface area contributed by atoms with Gasteiger partial charge in [-0.3, -0.25) is 0 Å². The Hall–Kier alpha value is -0.290. The summed E-state index contributed by atoms with van der Waals surface area (Å²) >= 11 is 7.10. The van der Waals surface area contributed by atoms with Crippen molar-refractivity contribution in [2.45, 2.75) is 22.1 Å². The van der Waals surface area contributed by atoms with E-state index in [0.717, 1.165) is 10.0 Å². The molecule has 1 aromatic carbocycles. The molecular formula is C12H12BrNS2. The molecule has 0 aliphatic heterocycles. The molecule has 1 unspecified atom stereocenters. The molecule has 16 heavy (non-hydrogen) atoms. The van der Waals surface area contributed by atoms with Gasteiger partial charge in [0.25, 0.3) is 0 Å². The lowest BCUT2D eigenvalue weighted by Crippen LogP contribution is -2.05. The predicted octanol–water partition coefficient (Wildman–Crippen LogP) is 4.68. The van der Waals surface area contributed by atoms with Gasteiger partial charge in [0.1, 0.15) is 0 Å². The number of hydrogen-bond donors (Lipinski definition) is 1. The lowest BCUT2D eigenvalue weighted by molar-refractivity contribution is 0.811. The Morgan fingerprint density at radius 3 is 2.75 bits per heavy atom. The smallest absolute Gasteiger partial charge is 0.0646 e. The highest BCUT2D eigenvalue weighted by molar-refractivity contribution is 9.10. The van der Waals surface area contributed by atoms with Gasteiger partial charge < -0.3 is 5.73 Å². The van der Waals surface area contributed by atoms with E-state index in [1.54, 1.807) is 23.1 Å². The summed E-state index contributed by atoms with van der Waals surface area (Å²) in [6.45, 7) is 1.99. The van der Waals surface area contributed by atoms with Crippen molar-refractivity contribution in [3.63, 3.8) is 0 Å². The van der Waals surface area contributed by atoms with Crippen LogP contribution in [0.2, 0.25) is 0 Å². The van der Waals surface area contributed by atoms with Crippen molar-refractivity contribution in [1.29, 1.82) is 0 Å². The second kappa shape index (κ2) is 5.36. The van der Waals surface area contributed by atoms with E-state index >= 15 is 0 Å². The molecule has 2 rings (SSSR count). The highest BCUT2D eigenvalue weighted by atomic mass is 79.9.